The monoisotopic (exact) mass is 229 g/mol. The van der Waals surface area contributed by atoms with E-state index in [9.17, 15) is 9.59 Å². The minimum absolute atomic E-state index is 0.256. The molecule has 2 N–H and O–H groups in total. The van der Waals surface area contributed by atoms with Gasteiger partial charge < -0.3 is 5.73 Å². The van der Waals surface area contributed by atoms with Crippen molar-refractivity contribution >= 4 is 5.91 Å². The molecule has 0 unspecified atom stereocenters. The lowest BCUT2D eigenvalue weighted by molar-refractivity contribution is 0.0993. The first kappa shape index (κ1) is 11.1. The van der Waals surface area contributed by atoms with Crippen molar-refractivity contribution in [2.24, 2.45) is 5.73 Å². The summed E-state index contributed by atoms with van der Waals surface area (Å²) in [7, 11) is 0. The number of hydrogen-bond donors (Lipinski definition) is 1. The van der Waals surface area contributed by atoms with Gasteiger partial charge in [0.1, 0.15) is 0 Å². The first-order valence-corrected chi connectivity index (χ1v) is 5.04. The molecule has 1 aromatic carbocycles. The van der Waals surface area contributed by atoms with Crippen LogP contribution in [0.5, 0.6) is 0 Å². The number of aryl methyl sites for hydroxylation is 1. The molecular weight excluding hydrogens is 218 g/mol. The number of nitrogens with zero attached hydrogens (tertiary/aromatic N) is 2. The summed E-state index contributed by atoms with van der Waals surface area (Å²) in [4.78, 5) is 26.6. The molecule has 0 spiro atoms. The number of amides is 1. The number of hydrogen-bond acceptors (Lipinski definition) is 3. The van der Waals surface area contributed by atoms with Crippen molar-refractivity contribution in [1.82, 2.24) is 9.55 Å². The fraction of sp³-hybridized carbons (Fsp3) is 0.0833. The van der Waals surface area contributed by atoms with E-state index in [1.165, 1.54) is 17.0 Å². The van der Waals surface area contributed by atoms with Gasteiger partial charge in [-0.3, -0.25) is 14.2 Å². The number of aromatic nitrogens is 2. The van der Waals surface area contributed by atoms with Gasteiger partial charge in [0.15, 0.2) is 5.69 Å². The average Bonchev–Trinajstić information content (AvgIpc) is 2.30. The van der Waals surface area contributed by atoms with Crippen molar-refractivity contribution in [2.45, 2.75) is 6.92 Å². The Balaban J connectivity index is 2.61. The van der Waals surface area contributed by atoms with Gasteiger partial charge >= 0.3 is 0 Å². The van der Waals surface area contributed by atoms with Crippen molar-refractivity contribution in [3.8, 4) is 5.69 Å². The summed E-state index contributed by atoms with van der Waals surface area (Å²) in [6.45, 7) is 1.95. The molecule has 0 aliphatic rings. The quantitative estimate of drug-likeness (QED) is 0.820. The van der Waals surface area contributed by atoms with E-state index in [0.29, 0.717) is 5.69 Å². The maximum atomic E-state index is 11.9. The molecule has 0 aliphatic heterocycles. The van der Waals surface area contributed by atoms with E-state index in [2.05, 4.69) is 4.98 Å². The summed E-state index contributed by atoms with van der Waals surface area (Å²) >= 11 is 0. The smallest absolute Gasteiger partial charge is 0.286 e. The van der Waals surface area contributed by atoms with Gasteiger partial charge in [-0.1, -0.05) is 17.7 Å². The van der Waals surface area contributed by atoms with Crippen LogP contribution in [0.15, 0.2) is 41.5 Å². The number of benzene rings is 1. The van der Waals surface area contributed by atoms with Gasteiger partial charge in [0.2, 0.25) is 0 Å². The predicted molar refractivity (Wildman–Crippen MR) is 63.1 cm³/mol. The number of carbonyl (C=O) groups excluding carboxylic acids is 1. The normalized spacial score (nSPS) is 10.2. The topological polar surface area (TPSA) is 78.0 Å². The predicted octanol–water partition coefficient (Wildman–Crippen LogP) is 0.640. The molecule has 17 heavy (non-hydrogen) atoms. The van der Waals surface area contributed by atoms with Crippen LogP contribution in [0.3, 0.4) is 0 Å². The molecule has 1 heterocycles. The van der Waals surface area contributed by atoms with Crippen LogP contribution in [-0.4, -0.2) is 15.5 Å². The number of rotatable bonds is 2. The van der Waals surface area contributed by atoms with Gasteiger partial charge in [0.25, 0.3) is 11.5 Å². The minimum Gasteiger partial charge on any atom is -0.364 e. The summed E-state index contributed by atoms with van der Waals surface area (Å²) in [5, 5.41) is 0. The Hall–Kier alpha value is -2.43. The lowest BCUT2D eigenvalue weighted by atomic mass is 10.2. The first-order valence-electron chi connectivity index (χ1n) is 5.04. The van der Waals surface area contributed by atoms with Gasteiger partial charge in [-0.25, -0.2) is 4.98 Å². The van der Waals surface area contributed by atoms with Gasteiger partial charge in [0.05, 0.1) is 0 Å². The number of carbonyl (C=O) groups is 1. The van der Waals surface area contributed by atoms with Crippen molar-refractivity contribution < 1.29 is 4.79 Å². The Bertz CT molecular complexity index is 614. The summed E-state index contributed by atoms with van der Waals surface area (Å²) in [5.74, 6) is -0.823. The maximum absolute atomic E-state index is 11.9. The van der Waals surface area contributed by atoms with Crippen LogP contribution < -0.4 is 11.3 Å². The summed E-state index contributed by atoms with van der Waals surface area (Å²) in [6, 6.07) is 7.35. The molecule has 5 heteroatoms. The van der Waals surface area contributed by atoms with Gasteiger partial charge in [0, 0.05) is 18.1 Å². The van der Waals surface area contributed by atoms with Crippen LogP contribution >= 0.6 is 0 Å². The highest BCUT2D eigenvalue weighted by Crippen LogP contribution is 2.06. The van der Waals surface area contributed by atoms with Crippen LogP contribution in [-0.2, 0) is 0 Å². The number of primary amides is 1. The molecule has 0 fully saturated rings. The Morgan fingerprint density at radius 1 is 1.29 bits per heavy atom. The molecule has 0 radical (unpaired) electrons. The Labute approximate surface area is 97.5 Å². The summed E-state index contributed by atoms with van der Waals surface area (Å²) < 4.78 is 1.34. The zero-order chi connectivity index (χ0) is 12.4. The first-order chi connectivity index (χ1) is 8.09. The maximum Gasteiger partial charge on any atom is 0.286 e. The van der Waals surface area contributed by atoms with Crippen LogP contribution in [0.4, 0.5) is 0 Å². The zero-order valence-electron chi connectivity index (χ0n) is 9.25. The van der Waals surface area contributed by atoms with E-state index < -0.39 is 11.5 Å². The Kier molecular flexibility index (Phi) is 2.74. The second-order valence-electron chi connectivity index (χ2n) is 3.65. The Morgan fingerprint density at radius 3 is 2.53 bits per heavy atom. The Morgan fingerprint density at radius 2 is 1.94 bits per heavy atom. The number of nitrogens with two attached hydrogens (primary N) is 1. The highest BCUT2D eigenvalue weighted by Gasteiger charge is 2.10. The SMILES string of the molecule is Cc1ccc(-n2ccnc(C(N)=O)c2=O)cc1. The van der Waals surface area contributed by atoms with Crippen LogP contribution in [0, 0.1) is 6.92 Å². The van der Waals surface area contributed by atoms with E-state index in [-0.39, 0.29) is 5.69 Å². The third kappa shape index (κ3) is 2.08. The molecule has 1 aromatic heterocycles. The van der Waals surface area contributed by atoms with E-state index in [0.717, 1.165) is 5.56 Å². The lowest BCUT2D eigenvalue weighted by Gasteiger charge is -2.06. The van der Waals surface area contributed by atoms with Gasteiger partial charge in [-0.2, -0.15) is 0 Å². The summed E-state index contributed by atoms with van der Waals surface area (Å²) in [5.41, 5.74) is 6.06. The second-order valence-corrected chi connectivity index (χ2v) is 3.65. The fourth-order valence-electron chi connectivity index (χ4n) is 1.49. The molecule has 0 bridgehead atoms. The summed E-state index contributed by atoms with van der Waals surface area (Å²) in [6.07, 6.45) is 2.88. The van der Waals surface area contributed by atoms with E-state index in [1.54, 1.807) is 12.1 Å². The average molecular weight is 229 g/mol. The van der Waals surface area contributed by atoms with E-state index >= 15 is 0 Å². The van der Waals surface area contributed by atoms with Crippen molar-refractivity contribution in [3.63, 3.8) is 0 Å². The van der Waals surface area contributed by atoms with Crippen LogP contribution in [0.25, 0.3) is 5.69 Å². The fourth-order valence-corrected chi connectivity index (χ4v) is 1.49. The molecule has 1 amide bonds. The van der Waals surface area contributed by atoms with E-state index in [4.69, 9.17) is 5.73 Å². The molecule has 0 aliphatic carbocycles. The largest absolute Gasteiger partial charge is 0.364 e. The van der Waals surface area contributed by atoms with Crippen LogP contribution in [0.2, 0.25) is 0 Å². The highest BCUT2D eigenvalue weighted by molar-refractivity contribution is 5.90. The molecule has 0 saturated carbocycles. The third-order valence-corrected chi connectivity index (χ3v) is 2.39. The molecule has 0 saturated heterocycles. The molecule has 0 atom stereocenters. The van der Waals surface area contributed by atoms with Gasteiger partial charge in [-0.15, -0.1) is 0 Å². The minimum atomic E-state index is -0.823. The molecule has 2 rings (SSSR count). The van der Waals surface area contributed by atoms with E-state index in [1.807, 2.05) is 19.1 Å². The van der Waals surface area contributed by atoms with Crippen molar-refractivity contribution in [1.29, 1.82) is 0 Å². The zero-order valence-corrected chi connectivity index (χ0v) is 9.25. The molecule has 2 aromatic rings. The second kappa shape index (κ2) is 4.21. The molecule has 86 valence electrons. The molecule has 5 nitrogen and oxygen atoms in total. The van der Waals surface area contributed by atoms with Crippen molar-refractivity contribution in [3.05, 3.63) is 58.3 Å². The lowest BCUT2D eigenvalue weighted by Crippen LogP contribution is -2.29. The standard InChI is InChI=1S/C12H11N3O2/c1-8-2-4-9(5-3-8)15-7-6-14-10(11(13)16)12(15)17/h2-7H,1H3,(H2,13,16). The van der Waals surface area contributed by atoms with Crippen LogP contribution in [0.1, 0.15) is 16.1 Å². The van der Waals surface area contributed by atoms with Gasteiger partial charge in [-0.05, 0) is 19.1 Å². The van der Waals surface area contributed by atoms with Crippen molar-refractivity contribution in [2.75, 3.05) is 0 Å². The highest BCUT2D eigenvalue weighted by atomic mass is 16.2. The molecular formula is C12H11N3O2. The third-order valence-electron chi connectivity index (χ3n) is 2.39.